The normalized spacial score (nSPS) is 18.3. The second-order valence-electron chi connectivity index (χ2n) is 10.8. The third-order valence-electron chi connectivity index (χ3n) is 7.85. The van der Waals surface area contributed by atoms with Crippen LogP contribution in [0, 0.1) is 5.82 Å². The molecular weight excluding hydrogens is 600 g/mol. The van der Waals surface area contributed by atoms with Gasteiger partial charge in [-0.1, -0.05) is 24.3 Å². The first-order valence-corrected chi connectivity index (χ1v) is 14.0. The van der Waals surface area contributed by atoms with Crippen molar-refractivity contribution < 1.29 is 41.5 Å². The number of likely N-dealkylation sites (N-methyl/N-ethyl adjacent to an activating group) is 1. The van der Waals surface area contributed by atoms with Crippen LogP contribution in [0.3, 0.4) is 0 Å². The van der Waals surface area contributed by atoms with E-state index in [1.807, 2.05) is 0 Å². The van der Waals surface area contributed by atoms with Gasteiger partial charge in [0, 0.05) is 36.8 Å². The predicted octanol–water partition coefficient (Wildman–Crippen LogP) is 3.14. The molecule has 0 saturated carbocycles. The number of imide groups is 1. The highest BCUT2D eigenvalue weighted by atomic mass is 19.4. The molecule has 5 rings (SSSR count). The first-order chi connectivity index (χ1) is 21.2. The van der Waals surface area contributed by atoms with Crippen molar-refractivity contribution in [3.8, 4) is 11.1 Å². The summed E-state index contributed by atoms with van der Waals surface area (Å²) < 4.78 is 55.9. The first kappa shape index (κ1) is 31.3. The number of nitrogens with one attached hydrogen (secondary N) is 2. The molecule has 45 heavy (non-hydrogen) atoms. The van der Waals surface area contributed by atoms with Crippen LogP contribution in [0.25, 0.3) is 11.1 Å². The lowest BCUT2D eigenvalue weighted by molar-refractivity contribution is -0.187. The number of hydrogen-bond donors (Lipinski definition) is 2. The molecule has 2 heterocycles. The number of benzene rings is 2. The minimum Gasteiger partial charge on any atom is -0.355 e. The van der Waals surface area contributed by atoms with Gasteiger partial charge in [-0.2, -0.15) is 18.3 Å². The zero-order chi connectivity index (χ0) is 32.7. The van der Waals surface area contributed by atoms with E-state index >= 15 is 0 Å². The number of aromatic nitrogens is 2. The second-order valence-corrected chi connectivity index (χ2v) is 10.8. The molecule has 2 N–H and O–H groups in total. The van der Waals surface area contributed by atoms with Gasteiger partial charge in [-0.15, -0.1) is 0 Å². The molecule has 2 atom stereocenters. The number of urea groups is 1. The van der Waals surface area contributed by atoms with Gasteiger partial charge in [0.2, 0.25) is 11.8 Å². The van der Waals surface area contributed by atoms with Crippen molar-refractivity contribution >= 4 is 29.5 Å². The Kier molecular flexibility index (Phi) is 8.21. The number of alkyl halides is 3. The van der Waals surface area contributed by atoms with Gasteiger partial charge in [0.05, 0.1) is 6.20 Å². The van der Waals surface area contributed by atoms with Gasteiger partial charge in [-0.3, -0.25) is 28.8 Å². The van der Waals surface area contributed by atoms with Gasteiger partial charge in [-0.05, 0) is 48.7 Å². The summed E-state index contributed by atoms with van der Waals surface area (Å²) in [5.41, 5.74) is -0.147. The van der Waals surface area contributed by atoms with Gasteiger partial charge in [-0.25, -0.2) is 9.18 Å². The summed E-state index contributed by atoms with van der Waals surface area (Å²) in [5.74, 6) is -3.43. The Hall–Kier alpha value is -5.08. The number of Topliss-reactive ketones (excluding diaryl/α,β-unsaturated/α-hetero) is 1. The lowest BCUT2D eigenvalue weighted by Gasteiger charge is -2.32. The second kappa shape index (κ2) is 11.8. The number of carbonyl (C=O) groups is 5. The molecule has 15 heteroatoms. The molecule has 3 aromatic rings. The van der Waals surface area contributed by atoms with Gasteiger partial charge in [0.15, 0.2) is 11.3 Å². The number of carbonyl (C=O) groups excluding carboxylic acids is 5. The molecule has 1 aromatic heterocycles. The van der Waals surface area contributed by atoms with Crippen molar-refractivity contribution in [2.45, 2.75) is 51.1 Å². The van der Waals surface area contributed by atoms with Crippen LogP contribution in [-0.4, -0.2) is 74.4 Å². The molecule has 2 aromatic carbocycles. The highest BCUT2D eigenvalue weighted by Gasteiger charge is 2.58. The summed E-state index contributed by atoms with van der Waals surface area (Å²) in [6, 6.07) is 5.83. The molecule has 0 bridgehead atoms. The van der Waals surface area contributed by atoms with Crippen LogP contribution >= 0.6 is 0 Å². The molecule has 0 unspecified atom stereocenters. The Morgan fingerprint density at radius 1 is 1.09 bits per heavy atom. The Bertz CT molecular complexity index is 1690. The Balaban J connectivity index is 1.38. The number of fused-ring (bicyclic) bond motifs is 2. The van der Waals surface area contributed by atoms with Gasteiger partial charge < -0.3 is 15.5 Å². The maximum atomic E-state index is 13.7. The van der Waals surface area contributed by atoms with Crippen LogP contribution in [0.15, 0.2) is 54.9 Å². The molecule has 236 valence electrons. The van der Waals surface area contributed by atoms with E-state index in [1.54, 1.807) is 19.2 Å². The summed E-state index contributed by atoms with van der Waals surface area (Å²) in [6.45, 7) is 1.43. The number of halogens is 4. The van der Waals surface area contributed by atoms with E-state index in [-0.39, 0.29) is 29.1 Å². The summed E-state index contributed by atoms with van der Waals surface area (Å²) in [6.07, 6.45) is -2.16. The molecule has 1 spiro atoms. The van der Waals surface area contributed by atoms with Crippen LogP contribution in [0.1, 0.15) is 41.8 Å². The average Bonchev–Trinajstić information content (AvgIpc) is 3.62. The van der Waals surface area contributed by atoms with Crippen molar-refractivity contribution in [1.29, 1.82) is 0 Å². The SMILES string of the molecule is CCNC(=O)Cn1cc(-c2ccc3c(c2)C(=O)C[C@]32NC(=O)N(CC(=O)N(Cc3ccc(F)cc3)[C@@H](C)C(F)(F)F)C2=O)cn1. The van der Waals surface area contributed by atoms with E-state index in [1.165, 1.54) is 35.1 Å². The molecule has 0 radical (unpaired) electrons. The molecule has 1 aliphatic carbocycles. The van der Waals surface area contributed by atoms with Crippen LogP contribution < -0.4 is 10.6 Å². The zero-order valence-electron chi connectivity index (χ0n) is 24.2. The van der Waals surface area contributed by atoms with Crippen molar-refractivity contribution in [2.24, 2.45) is 0 Å². The summed E-state index contributed by atoms with van der Waals surface area (Å²) in [4.78, 5) is 65.9. The van der Waals surface area contributed by atoms with Crippen LogP contribution in [0.2, 0.25) is 0 Å². The quantitative estimate of drug-likeness (QED) is 0.276. The first-order valence-electron chi connectivity index (χ1n) is 14.0. The topological polar surface area (TPSA) is 134 Å². The van der Waals surface area contributed by atoms with Crippen molar-refractivity contribution in [3.05, 3.63) is 77.4 Å². The van der Waals surface area contributed by atoms with E-state index < -0.39 is 66.7 Å². The van der Waals surface area contributed by atoms with E-state index in [2.05, 4.69) is 15.7 Å². The third-order valence-corrected chi connectivity index (χ3v) is 7.85. The summed E-state index contributed by atoms with van der Waals surface area (Å²) in [7, 11) is 0. The molecular formula is C30H28F4N6O5. The van der Waals surface area contributed by atoms with E-state index in [9.17, 15) is 41.5 Å². The Morgan fingerprint density at radius 3 is 2.47 bits per heavy atom. The molecule has 1 fully saturated rings. The minimum atomic E-state index is -4.83. The van der Waals surface area contributed by atoms with Crippen molar-refractivity contribution in [2.75, 3.05) is 13.1 Å². The number of rotatable bonds is 9. The standard InChI is InChI=1S/C30H28F4N6O5/c1-3-35-25(42)15-38-14-20(12-36-38)19-6-9-23-22(10-19)24(41)11-29(23)27(44)40(28(45)37-29)16-26(43)39(17(2)30(32,33)34)13-18-4-7-21(31)8-5-18/h4-10,12,14,17H,3,11,13,15-16H2,1-2H3,(H,35,42)(H,37,45)/t17-,29-/m0/s1. The highest BCUT2D eigenvalue weighted by Crippen LogP contribution is 2.43. The van der Waals surface area contributed by atoms with Gasteiger partial charge in [0.1, 0.15) is 24.9 Å². The monoisotopic (exact) mass is 628 g/mol. The predicted molar refractivity (Wildman–Crippen MR) is 150 cm³/mol. The fourth-order valence-corrected chi connectivity index (χ4v) is 5.46. The third kappa shape index (κ3) is 6.01. The minimum absolute atomic E-state index is 0.0149. The highest BCUT2D eigenvalue weighted by molar-refractivity contribution is 6.17. The van der Waals surface area contributed by atoms with E-state index in [4.69, 9.17) is 0 Å². The number of nitrogens with zero attached hydrogens (tertiary/aromatic N) is 4. The molecule has 5 amide bonds. The Morgan fingerprint density at radius 2 is 1.80 bits per heavy atom. The number of amides is 5. The number of hydrogen-bond acceptors (Lipinski definition) is 6. The fraction of sp³-hybridized carbons (Fsp3) is 0.333. The number of ketones is 1. The van der Waals surface area contributed by atoms with Crippen molar-refractivity contribution in [1.82, 2.24) is 30.2 Å². The van der Waals surface area contributed by atoms with Crippen LogP contribution in [0.5, 0.6) is 0 Å². The van der Waals surface area contributed by atoms with Crippen LogP contribution in [-0.2, 0) is 33.0 Å². The maximum Gasteiger partial charge on any atom is 0.408 e. The smallest absolute Gasteiger partial charge is 0.355 e. The maximum absolute atomic E-state index is 13.7. The van der Waals surface area contributed by atoms with Gasteiger partial charge in [0.25, 0.3) is 5.91 Å². The lowest BCUT2D eigenvalue weighted by atomic mass is 9.90. The van der Waals surface area contributed by atoms with Gasteiger partial charge >= 0.3 is 12.2 Å². The average molecular weight is 629 g/mol. The molecule has 11 nitrogen and oxygen atoms in total. The largest absolute Gasteiger partial charge is 0.408 e. The van der Waals surface area contributed by atoms with Crippen molar-refractivity contribution in [3.63, 3.8) is 0 Å². The molecule has 1 aliphatic heterocycles. The van der Waals surface area contributed by atoms with Crippen LogP contribution in [0.4, 0.5) is 22.4 Å². The molecule has 2 aliphatic rings. The molecule has 1 saturated heterocycles. The van der Waals surface area contributed by atoms with E-state index in [0.29, 0.717) is 27.5 Å². The fourth-order valence-electron chi connectivity index (χ4n) is 5.46. The van der Waals surface area contributed by atoms with E-state index in [0.717, 1.165) is 19.1 Å². The Labute approximate surface area is 254 Å². The summed E-state index contributed by atoms with van der Waals surface area (Å²) >= 11 is 0. The zero-order valence-corrected chi connectivity index (χ0v) is 24.2. The summed E-state index contributed by atoms with van der Waals surface area (Å²) in [5, 5.41) is 9.32. The lowest BCUT2D eigenvalue weighted by Crippen LogP contribution is -2.51.